The zero-order valence-corrected chi connectivity index (χ0v) is 20.9. The van der Waals surface area contributed by atoms with Gasteiger partial charge in [0.2, 0.25) is 26.0 Å². The molecule has 0 aromatic heterocycles. The molecule has 10 heteroatoms. The lowest BCUT2D eigenvalue weighted by molar-refractivity contribution is -0.120. The highest BCUT2D eigenvalue weighted by molar-refractivity contribution is 7.89. The summed E-state index contributed by atoms with van der Waals surface area (Å²) in [6.45, 7) is 3.59. The predicted molar refractivity (Wildman–Crippen MR) is 131 cm³/mol. The predicted octanol–water partition coefficient (Wildman–Crippen LogP) is 2.96. The molecule has 0 atom stereocenters. The third-order valence-electron chi connectivity index (χ3n) is 6.64. The number of carbonyl (C=O) groups is 1. The van der Waals surface area contributed by atoms with E-state index >= 15 is 0 Å². The molecule has 184 valence electrons. The lowest BCUT2D eigenvalue weighted by Crippen LogP contribution is -2.42. The Labute approximate surface area is 202 Å². The number of benzene rings is 2. The van der Waals surface area contributed by atoms with Crippen LogP contribution < -0.4 is 5.32 Å². The minimum Gasteiger partial charge on any atom is -0.326 e. The lowest BCUT2D eigenvalue weighted by Gasteiger charge is -2.30. The Kier molecular flexibility index (Phi) is 7.42. The van der Waals surface area contributed by atoms with Crippen LogP contribution in [0.2, 0.25) is 0 Å². The second-order valence-electron chi connectivity index (χ2n) is 8.98. The van der Waals surface area contributed by atoms with Gasteiger partial charge >= 0.3 is 0 Å². The first kappa shape index (κ1) is 24.8. The van der Waals surface area contributed by atoms with Crippen molar-refractivity contribution in [3.05, 3.63) is 59.7 Å². The number of carbonyl (C=O) groups excluding carboxylic acids is 1. The van der Waals surface area contributed by atoms with Crippen molar-refractivity contribution < 1.29 is 21.6 Å². The third-order valence-corrected chi connectivity index (χ3v) is 10.4. The van der Waals surface area contributed by atoms with E-state index in [4.69, 9.17) is 0 Å². The van der Waals surface area contributed by atoms with Crippen LogP contribution >= 0.6 is 0 Å². The molecule has 2 aliphatic rings. The molecule has 2 heterocycles. The number of nitrogens with one attached hydrogen (secondary N) is 1. The van der Waals surface area contributed by atoms with Crippen molar-refractivity contribution in [3.8, 4) is 0 Å². The fourth-order valence-electron chi connectivity index (χ4n) is 4.49. The molecule has 0 unspecified atom stereocenters. The normalized spacial score (nSPS) is 18.7. The standard InChI is InChI=1S/C24H31N3O5S2/c1-19-6-2-3-7-21(19)18-33(29,30)26-16-12-20(13-17-26)24(28)25-22-8-10-23(11-9-22)34(31,32)27-14-4-5-15-27/h2-3,6-11,20H,4-5,12-18H2,1H3,(H,25,28). The second kappa shape index (κ2) is 10.2. The summed E-state index contributed by atoms with van der Waals surface area (Å²) in [6, 6.07) is 13.7. The van der Waals surface area contributed by atoms with Crippen molar-refractivity contribution in [1.82, 2.24) is 8.61 Å². The molecule has 34 heavy (non-hydrogen) atoms. The highest BCUT2D eigenvalue weighted by Gasteiger charge is 2.32. The van der Waals surface area contributed by atoms with Gasteiger partial charge in [-0.25, -0.2) is 21.1 Å². The van der Waals surface area contributed by atoms with Gasteiger partial charge < -0.3 is 5.32 Å². The Morgan fingerprint density at radius 1 is 0.882 bits per heavy atom. The summed E-state index contributed by atoms with van der Waals surface area (Å²) in [7, 11) is -6.94. The number of hydrogen-bond donors (Lipinski definition) is 1. The number of aryl methyl sites for hydroxylation is 1. The van der Waals surface area contributed by atoms with Crippen LogP contribution in [0.15, 0.2) is 53.4 Å². The van der Waals surface area contributed by atoms with E-state index in [0.717, 1.165) is 24.0 Å². The van der Waals surface area contributed by atoms with Gasteiger partial charge in [-0.15, -0.1) is 0 Å². The minimum absolute atomic E-state index is 0.0385. The molecule has 0 bridgehead atoms. The Morgan fingerprint density at radius 3 is 2.12 bits per heavy atom. The molecule has 0 saturated carbocycles. The summed E-state index contributed by atoms with van der Waals surface area (Å²) < 4.78 is 54.0. The molecule has 1 N–H and O–H groups in total. The first-order chi connectivity index (χ1) is 16.2. The first-order valence-electron chi connectivity index (χ1n) is 11.6. The fourth-order valence-corrected chi connectivity index (χ4v) is 7.67. The summed E-state index contributed by atoms with van der Waals surface area (Å²) in [5.41, 5.74) is 2.26. The summed E-state index contributed by atoms with van der Waals surface area (Å²) in [4.78, 5) is 13.0. The van der Waals surface area contributed by atoms with Gasteiger partial charge in [-0.3, -0.25) is 4.79 Å². The molecule has 2 aromatic rings. The Bertz CT molecular complexity index is 1230. The zero-order chi connectivity index (χ0) is 24.3. The highest BCUT2D eigenvalue weighted by Crippen LogP contribution is 2.25. The molecule has 2 saturated heterocycles. The van der Waals surface area contributed by atoms with Crippen molar-refractivity contribution in [2.75, 3.05) is 31.5 Å². The summed E-state index contributed by atoms with van der Waals surface area (Å²) in [5, 5.41) is 2.85. The van der Waals surface area contributed by atoms with Crippen molar-refractivity contribution in [1.29, 1.82) is 0 Å². The fraction of sp³-hybridized carbons (Fsp3) is 0.458. The molecule has 2 aliphatic heterocycles. The molecule has 0 spiro atoms. The summed E-state index contributed by atoms with van der Waals surface area (Å²) in [6.07, 6.45) is 2.64. The van der Waals surface area contributed by atoms with Crippen LogP contribution in [-0.2, 0) is 30.6 Å². The minimum atomic E-state index is -3.49. The van der Waals surface area contributed by atoms with E-state index in [1.807, 2.05) is 31.2 Å². The van der Waals surface area contributed by atoms with E-state index in [0.29, 0.717) is 44.7 Å². The van der Waals surface area contributed by atoms with Gasteiger partial charge in [-0.2, -0.15) is 4.31 Å². The maximum Gasteiger partial charge on any atom is 0.243 e. The van der Waals surface area contributed by atoms with Crippen molar-refractivity contribution in [2.45, 2.75) is 43.3 Å². The van der Waals surface area contributed by atoms with Crippen molar-refractivity contribution >= 4 is 31.6 Å². The monoisotopic (exact) mass is 505 g/mol. The molecule has 2 fully saturated rings. The average Bonchev–Trinajstić information content (AvgIpc) is 3.37. The third kappa shape index (κ3) is 5.51. The zero-order valence-electron chi connectivity index (χ0n) is 19.3. The van der Waals surface area contributed by atoms with E-state index in [1.54, 1.807) is 12.1 Å². The van der Waals surface area contributed by atoms with Gasteiger partial charge in [-0.1, -0.05) is 24.3 Å². The molecule has 8 nitrogen and oxygen atoms in total. The molecule has 0 aliphatic carbocycles. The summed E-state index contributed by atoms with van der Waals surface area (Å²) in [5.74, 6) is -0.507. The quantitative estimate of drug-likeness (QED) is 0.623. The van der Waals surface area contributed by atoms with E-state index < -0.39 is 20.0 Å². The first-order valence-corrected chi connectivity index (χ1v) is 14.7. The van der Waals surface area contributed by atoms with E-state index in [1.165, 1.54) is 20.7 Å². The van der Waals surface area contributed by atoms with Crippen LogP contribution in [0.4, 0.5) is 5.69 Å². The van der Waals surface area contributed by atoms with E-state index in [2.05, 4.69) is 5.32 Å². The van der Waals surface area contributed by atoms with E-state index in [-0.39, 0.29) is 22.5 Å². The molecule has 0 radical (unpaired) electrons. The highest BCUT2D eigenvalue weighted by atomic mass is 32.2. The van der Waals surface area contributed by atoms with Crippen LogP contribution in [0.5, 0.6) is 0 Å². The number of nitrogens with zero attached hydrogens (tertiary/aromatic N) is 2. The topological polar surface area (TPSA) is 104 Å². The maximum absolute atomic E-state index is 12.9. The van der Waals surface area contributed by atoms with Crippen molar-refractivity contribution in [3.63, 3.8) is 0 Å². The van der Waals surface area contributed by atoms with Gasteiger partial charge in [0.1, 0.15) is 0 Å². The smallest absolute Gasteiger partial charge is 0.243 e. The van der Waals surface area contributed by atoms with Crippen LogP contribution in [0.1, 0.15) is 36.8 Å². The van der Waals surface area contributed by atoms with Crippen LogP contribution in [0.25, 0.3) is 0 Å². The Hall–Kier alpha value is -2.27. The molecule has 4 rings (SSSR count). The van der Waals surface area contributed by atoms with Gasteiger partial charge in [-0.05, 0) is 68.0 Å². The molecule has 2 aromatic carbocycles. The number of hydrogen-bond acceptors (Lipinski definition) is 5. The molecular formula is C24H31N3O5S2. The van der Waals surface area contributed by atoms with Gasteiger partial charge in [0.25, 0.3) is 0 Å². The Balaban J connectivity index is 1.32. The SMILES string of the molecule is Cc1ccccc1CS(=O)(=O)N1CCC(C(=O)Nc2ccc(S(=O)(=O)N3CCCC3)cc2)CC1. The molecule has 1 amide bonds. The van der Waals surface area contributed by atoms with Crippen LogP contribution in [0, 0.1) is 12.8 Å². The lowest BCUT2D eigenvalue weighted by atomic mass is 9.97. The van der Waals surface area contributed by atoms with Crippen LogP contribution in [-0.4, -0.2) is 57.5 Å². The number of amides is 1. The number of rotatable bonds is 7. The van der Waals surface area contributed by atoms with Gasteiger partial charge in [0, 0.05) is 37.8 Å². The maximum atomic E-state index is 12.9. The largest absolute Gasteiger partial charge is 0.326 e. The van der Waals surface area contributed by atoms with Gasteiger partial charge in [0.05, 0.1) is 10.6 Å². The average molecular weight is 506 g/mol. The van der Waals surface area contributed by atoms with E-state index in [9.17, 15) is 21.6 Å². The summed E-state index contributed by atoms with van der Waals surface area (Å²) >= 11 is 0. The number of anilines is 1. The number of piperidine rings is 1. The van der Waals surface area contributed by atoms with Gasteiger partial charge in [0.15, 0.2) is 0 Å². The van der Waals surface area contributed by atoms with Crippen molar-refractivity contribution in [2.24, 2.45) is 5.92 Å². The second-order valence-corrected chi connectivity index (χ2v) is 12.9. The van der Waals surface area contributed by atoms with Crippen LogP contribution in [0.3, 0.4) is 0 Å². The Morgan fingerprint density at radius 2 is 1.50 bits per heavy atom. The number of sulfonamides is 2. The molecular weight excluding hydrogens is 474 g/mol.